The molecule has 2 aromatic rings. The zero-order chi connectivity index (χ0) is 11.5. The first-order valence-corrected chi connectivity index (χ1v) is 5.49. The number of halogens is 1. The van der Waals surface area contributed by atoms with Gasteiger partial charge in [-0.15, -0.1) is 12.4 Å². The summed E-state index contributed by atoms with van der Waals surface area (Å²) < 4.78 is 7.21. The lowest BCUT2D eigenvalue weighted by Gasteiger charge is -2.04. The molecule has 0 bridgehead atoms. The predicted octanol–water partition coefficient (Wildman–Crippen LogP) is 3.40. The molecule has 0 saturated carbocycles. The van der Waals surface area contributed by atoms with E-state index in [9.17, 15) is 0 Å². The molecule has 0 aromatic carbocycles. The van der Waals surface area contributed by atoms with Gasteiger partial charge in [-0.2, -0.15) is 5.10 Å². The number of anilines is 1. The van der Waals surface area contributed by atoms with Gasteiger partial charge in [0, 0.05) is 17.8 Å². The molecule has 2 rings (SSSR count). The molecular formula is C12H18ClN3O. The lowest BCUT2D eigenvalue weighted by atomic mass is 10.3. The Bertz CT molecular complexity index is 448. The summed E-state index contributed by atoms with van der Waals surface area (Å²) in [6, 6.07) is 4.22. The Kier molecular flexibility index (Phi) is 4.63. The Morgan fingerprint density at radius 3 is 2.76 bits per heavy atom. The van der Waals surface area contributed by atoms with E-state index in [4.69, 9.17) is 4.42 Å². The maximum atomic E-state index is 5.25. The highest BCUT2D eigenvalue weighted by Gasteiger charge is 2.07. The number of furan rings is 1. The fourth-order valence-corrected chi connectivity index (χ4v) is 1.51. The van der Waals surface area contributed by atoms with Crippen molar-refractivity contribution in [2.24, 2.45) is 0 Å². The molecule has 0 aliphatic heterocycles. The minimum absolute atomic E-state index is 0. The lowest BCUT2D eigenvalue weighted by molar-refractivity contribution is 0.515. The number of nitrogens with zero attached hydrogens (tertiary/aromatic N) is 2. The summed E-state index contributed by atoms with van der Waals surface area (Å²) in [6.45, 7) is 6.95. The fourth-order valence-electron chi connectivity index (χ4n) is 1.51. The van der Waals surface area contributed by atoms with Crippen molar-refractivity contribution in [2.75, 3.05) is 5.32 Å². The average molecular weight is 256 g/mol. The molecule has 5 heteroatoms. The highest BCUT2D eigenvalue weighted by atomic mass is 35.5. The Labute approximate surface area is 107 Å². The van der Waals surface area contributed by atoms with Gasteiger partial charge in [-0.3, -0.25) is 4.68 Å². The standard InChI is InChI=1S/C12H17N3O.ClH/c1-9(2)15-8-10(3)12(14-15)13-7-11-5-4-6-16-11;/h4-6,8-9H,7H2,1-3H3,(H,13,14);1H. The van der Waals surface area contributed by atoms with Crippen LogP contribution in [-0.4, -0.2) is 9.78 Å². The van der Waals surface area contributed by atoms with Gasteiger partial charge in [0.25, 0.3) is 0 Å². The predicted molar refractivity (Wildman–Crippen MR) is 70.6 cm³/mol. The van der Waals surface area contributed by atoms with Gasteiger partial charge in [-0.1, -0.05) is 0 Å². The van der Waals surface area contributed by atoms with Crippen molar-refractivity contribution in [1.29, 1.82) is 0 Å². The smallest absolute Gasteiger partial charge is 0.151 e. The van der Waals surface area contributed by atoms with Crippen molar-refractivity contribution in [2.45, 2.75) is 33.4 Å². The van der Waals surface area contributed by atoms with E-state index in [1.807, 2.05) is 16.8 Å². The molecule has 0 amide bonds. The number of hydrogen-bond acceptors (Lipinski definition) is 3. The minimum Gasteiger partial charge on any atom is -0.467 e. The van der Waals surface area contributed by atoms with Gasteiger partial charge < -0.3 is 9.73 Å². The van der Waals surface area contributed by atoms with Crippen LogP contribution in [0.25, 0.3) is 0 Å². The summed E-state index contributed by atoms with van der Waals surface area (Å²) in [6.07, 6.45) is 3.73. The molecule has 2 aromatic heterocycles. The third-order valence-electron chi connectivity index (χ3n) is 2.45. The summed E-state index contributed by atoms with van der Waals surface area (Å²) in [5.41, 5.74) is 1.15. The normalized spacial score (nSPS) is 10.4. The van der Waals surface area contributed by atoms with Crippen LogP contribution in [0, 0.1) is 6.92 Å². The maximum absolute atomic E-state index is 5.25. The maximum Gasteiger partial charge on any atom is 0.151 e. The van der Waals surface area contributed by atoms with E-state index in [0.717, 1.165) is 17.1 Å². The van der Waals surface area contributed by atoms with Crippen molar-refractivity contribution < 1.29 is 4.42 Å². The monoisotopic (exact) mass is 255 g/mol. The molecule has 0 aliphatic carbocycles. The Morgan fingerprint density at radius 2 is 2.24 bits per heavy atom. The van der Waals surface area contributed by atoms with E-state index in [1.165, 1.54) is 0 Å². The second-order valence-corrected chi connectivity index (χ2v) is 4.17. The van der Waals surface area contributed by atoms with Crippen LogP contribution >= 0.6 is 12.4 Å². The number of hydrogen-bond donors (Lipinski definition) is 1. The number of rotatable bonds is 4. The highest BCUT2D eigenvalue weighted by Crippen LogP contribution is 2.15. The SMILES string of the molecule is Cc1cn(C(C)C)nc1NCc1ccco1.Cl. The molecular weight excluding hydrogens is 238 g/mol. The van der Waals surface area contributed by atoms with Gasteiger partial charge in [0.2, 0.25) is 0 Å². The molecule has 0 unspecified atom stereocenters. The zero-order valence-electron chi connectivity index (χ0n) is 10.3. The molecule has 0 radical (unpaired) electrons. The van der Waals surface area contributed by atoms with Crippen LogP contribution in [0.1, 0.15) is 31.2 Å². The molecule has 0 saturated heterocycles. The van der Waals surface area contributed by atoms with Crippen LogP contribution in [0.15, 0.2) is 29.0 Å². The first kappa shape index (κ1) is 13.6. The largest absolute Gasteiger partial charge is 0.467 e. The van der Waals surface area contributed by atoms with Crippen molar-refractivity contribution in [3.05, 3.63) is 35.9 Å². The lowest BCUT2D eigenvalue weighted by Crippen LogP contribution is -2.03. The van der Waals surface area contributed by atoms with Gasteiger partial charge >= 0.3 is 0 Å². The quantitative estimate of drug-likeness (QED) is 0.911. The summed E-state index contributed by atoms with van der Waals surface area (Å²) in [5, 5.41) is 7.74. The van der Waals surface area contributed by atoms with Crippen LogP contribution in [-0.2, 0) is 6.54 Å². The van der Waals surface area contributed by atoms with E-state index in [-0.39, 0.29) is 12.4 Å². The Morgan fingerprint density at radius 1 is 1.47 bits per heavy atom. The Balaban J connectivity index is 0.00000144. The van der Waals surface area contributed by atoms with Crippen molar-refractivity contribution >= 4 is 18.2 Å². The third kappa shape index (κ3) is 3.27. The van der Waals surface area contributed by atoms with Gasteiger partial charge in [0.1, 0.15) is 5.76 Å². The molecule has 17 heavy (non-hydrogen) atoms. The van der Waals surface area contributed by atoms with Crippen LogP contribution in [0.2, 0.25) is 0 Å². The van der Waals surface area contributed by atoms with E-state index >= 15 is 0 Å². The highest BCUT2D eigenvalue weighted by molar-refractivity contribution is 5.85. The van der Waals surface area contributed by atoms with E-state index in [2.05, 4.69) is 37.4 Å². The van der Waals surface area contributed by atoms with Crippen molar-refractivity contribution in [1.82, 2.24) is 9.78 Å². The molecule has 0 fully saturated rings. The second-order valence-electron chi connectivity index (χ2n) is 4.17. The average Bonchev–Trinajstić information content (AvgIpc) is 2.84. The van der Waals surface area contributed by atoms with E-state index < -0.39 is 0 Å². The van der Waals surface area contributed by atoms with Crippen molar-refractivity contribution in [3.63, 3.8) is 0 Å². The molecule has 4 nitrogen and oxygen atoms in total. The van der Waals surface area contributed by atoms with Gasteiger partial charge in [-0.25, -0.2) is 0 Å². The Hall–Kier alpha value is -1.42. The van der Waals surface area contributed by atoms with E-state index in [1.54, 1.807) is 6.26 Å². The van der Waals surface area contributed by atoms with Crippen LogP contribution < -0.4 is 5.32 Å². The van der Waals surface area contributed by atoms with Crippen LogP contribution in [0.3, 0.4) is 0 Å². The molecule has 1 N–H and O–H groups in total. The summed E-state index contributed by atoms with van der Waals surface area (Å²) in [7, 11) is 0. The number of aromatic nitrogens is 2. The first-order chi connectivity index (χ1) is 7.66. The van der Waals surface area contributed by atoms with Crippen molar-refractivity contribution in [3.8, 4) is 0 Å². The minimum atomic E-state index is 0. The topological polar surface area (TPSA) is 43.0 Å². The zero-order valence-corrected chi connectivity index (χ0v) is 11.1. The fraction of sp³-hybridized carbons (Fsp3) is 0.417. The van der Waals surface area contributed by atoms with Crippen LogP contribution in [0.4, 0.5) is 5.82 Å². The van der Waals surface area contributed by atoms with Gasteiger partial charge in [0.15, 0.2) is 5.82 Å². The van der Waals surface area contributed by atoms with Gasteiger partial charge in [-0.05, 0) is 32.9 Å². The molecule has 2 heterocycles. The molecule has 0 aliphatic rings. The third-order valence-corrected chi connectivity index (χ3v) is 2.45. The summed E-state index contributed by atoms with van der Waals surface area (Å²) >= 11 is 0. The van der Waals surface area contributed by atoms with Crippen LogP contribution in [0.5, 0.6) is 0 Å². The van der Waals surface area contributed by atoms with Gasteiger partial charge in [0.05, 0.1) is 12.8 Å². The molecule has 0 spiro atoms. The first-order valence-electron chi connectivity index (χ1n) is 5.49. The number of aryl methyl sites for hydroxylation is 1. The molecule has 0 atom stereocenters. The van der Waals surface area contributed by atoms with E-state index in [0.29, 0.717) is 12.6 Å². The second kappa shape index (κ2) is 5.77. The number of nitrogens with one attached hydrogen (secondary N) is 1. The molecule has 94 valence electrons. The summed E-state index contributed by atoms with van der Waals surface area (Å²) in [4.78, 5) is 0. The summed E-state index contributed by atoms with van der Waals surface area (Å²) in [5.74, 6) is 1.84.